The maximum absolute atomic E-state index is 13.7. The van der Waals surface area contributed by atoms with Gasteiger partial charge in [-0.05, 0) is 73.4 Å². The molecule has 2 aromatic heterocycles. The van der Waals surface area contributed by atoms with Gasteiger partial charge in [-0.25, -0.2) is 4.98 Å². The maximum Gasteiger partial charge on any atom is 0.254 e. The minimum atomic E-state index is 0.0687. The number of aryl methyl sites for hydroxylation is 1. The van der Waals surface area contributed by atoms with Crippen LogP contribution in [0.15, 0.2) is 42.5 Å². The number of hydrogen-bond acceptors (Lipinski definition) is 4. The average molecular weight is 552 g/mol. The number of likely N-dealkylation sites (tertiary alicyclic amines) is 1. The van der Waals surface area contributed by atoms with E-state index in [1.54, 1.807) is 7.11 Å². The summed E-state index contributed by atoms with van der Waals surface area (Å²) < 4.78 is 10.4. The van der Waals surface area contributed by atoms with Gasteiger partial charge in [-0.3, -0.25) is 4.79 Å². The number of allylic oxidation sites excluding steroid dienone is 1. The van der Waals surface area contributed by atoms with Crippen LogP contribution in [0.25, 0.3) is 39.5 Å². The molecule has 2 aliphatic heterocycles. The summed E-state index contributed by atoms with van der Waals surface area (Å²) in [4.78, 5) is 20.9. The minimum absolute atomic E-state index is 0.0687. The van der Waals surface area contributed by atoms with Crippen molar-refractivity contribution in [2.45, 2.75) is 71.1 Å². The number of ether oxygens (including phenoxy) is 1. The summed E-state index contributed by atoms with van der Waals surface area (Å²) >= 11 is 0. The van der Waals surface area contributed by atoms with E-state index >= 15 is 0 Å². The highest BCUT2D eigenvalue weighted by Gasteiger charge is 2.53. The standard InChI is InChI=1S/C34H41N5O2/c1-6-27-31-26(35-31)19-39(27)34(40)24-15-25-32(30(17-24)41-5)37(4)33(36-25)29-16-23-14-21(9-7-8-20(2)3)12-13-28(23)38(29)18-22-10-11-22/h7,9,12-17,20,22,26-27,31,35H,6,8,10-11,18-19H2,1-5H3/b9-7+. The van der Waals surface area contributed by atoms with E-state index in [-0.39, 0.29) is 11.9 Å². The van der Waals surface area contributed by atoms with Gasteiger partial charge in [-0.1, -0.05) is 39.0 Å². The fourth-order valence-corrected chi connectivity index (χ4v) is 6.78. The number of fused-ring (bicyclic) bond motifs is 3. The first-order chi connectivity index (χ1) is 19.9. The van der Waals surface area contributed by atoms with Gasteiger partial charge in [0.1, 0.15) is 11.3 Å². The highest BCUT2D eigenvalue weighted by Crippen LogP contribution is 2.39. The van der Waals surface area contributed by atoms with Crippen LogP contribution in [0.1, 0.15) is 62.4 Å². The molecule has 0 radical (unpaired) electrons. The largest absolute Gasteiger partial charge is 0.494 e. The Bertz CT molecular complexity index is 1670. The van der Waals surface area contributed by atoms with Crippen LogP contribution < -0.4 is 10.1 Å². The molecule has 214 valence electrons. The molecule has 2 saturated heterocycles. The van der Waals surface area contributed by atoms with E-state index in [1.807, 2.05) is 17.0 Å². The number of carbonyl (C=O) groups is 1. The number of nitrogens with one attached hydrogen (secondary N) is 1. The second-order valence-electron chi connectivity index (χ2n) is 12.7. The van der Waals surface area contributed by atoms with Gasteiger partial charge in [0, 0.05) is 54.7 Å². The fraction of sp³-hybridized carbons (Fsp3) is 0.471. The van der Waals surface area contributed by atoms with Gasteiger partial charge in [-0.2, -0.15) is 0 Å². The lowest BCUT2D eigenvalue weighted by Crippen LogP contribution is -2.41. The number of imidazole rings is 1. The van der Waals surface area contributed by atoms with Crippen molar-refractivity contribution >= 4 is 33.9 Å². The lowest BCUT2D eigenvalue weighted by molar-refractivity contribution is 0.0711. The van der Waals surface area contributed by atoms with E-state index in [0.29, 0.717) is 29.3 Å². The van der Waals surface area contributed by atoms with Crippen molar-refractivity contribution in [3.05, 3.63) is 53.6 Å². The normalized spacial score (nSPS) is 22.0. The van der Waals surface area contributed by atoms with Crippen LogP contribution in [0.3, 0.4) is 0 Å². The van der Waals surface area contributed by atoms with Crippen molar-refractivity contribution in [3.63, 3.8) is 0 Å². The van der Waals surface area contributed by atoms with Gasteiger partial charge in [0.15, 0.2) is 5.82 Å². The first kappa shape index (κ1) is 26.3. The Hall–Kier alpha value is -3.58. The monoisotopic (exact) mass is 551 g/mol. The quantitative estimate of drug-likeness (QED) is 0.250. The Morgan fingerprint density at radius 1 is 1.20 bits per heavy atom. The highest BCUT2D eigenvalue weighted by molar-refractivity contribution is 6.00. The molecular weight excluding hydrogens is 510 g/mol. The Morgan fingerprint density at radius 2 is 2.02 bits per heavy atom. The molecule has 1 aliphatic carbocycles. The Kier molecular flexibility index (Phi) is 6.45. The van der Waals surface area contributed by atoms with Crippen molar-refractivity contribution < 1.29 is 9.53 Å². The van der Waals surface area contributed by atoms with E-state index in [0.717, 1.165) is 54.4 Å². The van der Waals surface area contributed by atoms with Crippen molar-refractivity contribution in [3.8, 4) is 17.3 Å². The fourth-order valence-electron chi connectivity index (χ4n) is 6.78. The topological polar surface area (TPSA) is 74.2 Å². The van der Waals surface area contributed by atoms with E-state index in [2.05, 4.69) is 78.7 Å². The molecule has 0 spiro atoms. The number of nitrogens with zero attached hydrogens (tertiary/aromatic N) is 4. The molecule has 3 aliphatic rings. The third-order valence-electron chi connectivity index (χ3n) is 9.23. The van der Waals surface area contributed by atoms with Crippen LogP contribution in [-0.4, -0.2) is 56.7 Å². The lowest BCUT2D eigenvalue weighted by Gasteiger charge is -2.26. The average Bonchev–Trinajstić information content (AvgIpc) is 3.84. The number of piperazine rings is 1. The molecule has 7 heteroatoms. The second-order valence-corrected chi connectivity index (χ2v) is 12.7. The summed E-state index contributed by atoms with van der Waals surface area (Å²) in [6, 6.07) is 14.0. The van der Waals surface area contributed by atoms with E-state index in [1.165, 1.54) is 29.3 Å². The third kappa shape index (κ3) is 4.64. The summed E-state index contributed by atoms with van der Waals surface area (Å²) in [5.74, 6) is 3.02. The Labute approximate surface area is 242 Å². The van der Waals surface area contributed by atoms with E-state index in [4.69, 9.17) is 9.72 Å². The van der Waals surface area contributed by atoms with Gasteiger partial charge in [-0.15, -0.1) is 0 Å². The smallest absolute Gasteiger partial charge is 0.254 e. The molecule has 2 aromatic carbocycles. The SMILES string of the molecule is CCC1C2NC2CN1C(=O)c1cc(OC)c2c(c1)nc(-c1cc3cc(/C=C/CC(C)C)ccc3n1CC1CC1)n2C. The van der Waals surface area contributed by atoms with Crippen LogP contribution in [0, 0.1) is 11.8 Å². The van der Waals surface area contributed by atoms with Gasteiger partial charge in [0.05, 0.1) is 18.3 Å². The van der Waals surface area contributed by atoms with Crippen LogP contribution in [0.4, 0.5) is 0 Å². The molecule has 3 fully saturated rings. The first-order valence-electron chi connectivity index (χ1n) is 15.3. The van der Waals surface area contributed by atoms with E-state index < -0.39 is 0 Å². The van der Waals surface area contributed by atoms with Gasteiger partial charge < -0.3 is 24.1 Å². The Balaban J connectivity index is 1.30. The summed E-state index contributed by atoms with van der Waals surface area (Å²) in [6.07, 6.45) is 9.10. The summed E-state index contributed by atoms with van der Waals surface area (Å²) in [7, 11) is 3.73. The highest BCUT2D eigenvalue weighted by atomic mass is 16.5. The zero-order valence-corrected chi connectivity index (χ0v) is 24.9. The first-order valence-corrected chi connectivity index (χ1v) is 15.3. The number of carbonyl (C=O) groups excluding carboxylic acids is 1. The van der Waals surface area contributed by atoms with Crippen LogP contribution in [0.2, 0.25) is 0 Å². The number of methoxy groups -OCH3 is 1. The van der Waals surface area contributed by atoms with Gasteiger partial charge >= 0.3 is 0 Å². The van der Waals surface area contributed by atoms with Crippen molar-refractivity contribution in [1.82, 2.24) is 24.3 Å². The lowest BCUT2D eigenvalue weighted by atomic mass is 10.1. The number of aromatic nitrogens is 3. The molecule has 7 nitrogen and oxygen atoms in total. The van der Waals surface area contributed by atoms with Crippen molar-refractivity contribution in [2.24, 2.45) is 18.9 Å². The number of rotatable bonds is 9. The molecule has 4 aromatic rings. The van der Waals surface area contributed by atoms with Crippen LogP contribution in [-0.2, 0) is 13.6 Å². The van der Waals surface area contributed by atoms with E-state index in [9.17, 15) is 4.79 Å². The molecule has 1 amide bonds. The molecular formula is C34H41N5O2. The minimum Gasteiger partial charge on any atom is -0.494 e. The molecule has 7 rings (SSSR count). The summed E-state index contributed by atoms with van der Waals surface area (Å²) in [5.41, 5.74) is 5.94. The molecule has 41 heavy (non-hydrogen) atoms. The zero-order valence-electron chi connectivity index (χ0n) is 24.9. The van der Waals surface area contributed by atoms with Crippen molar-refractivity contribution in [2.75, 3.05) is 13.7 Å². The molecule has 1 N–H and O–H groups in total. The van der Waals surface area contributed by atoms with Gasteiger partial charge in [0.25, 0.3) is 5.91 Å². The summed E-state index contributed by atoms with van der Waals surface area (Å²) in [5, 5.41) is 4.73. The molecule has 0 bridgehead atoms. The predicted molar refractivity (Wildman–Crippen MR) is 165 cm³/mol. The second kappa shape index (κ2) is 10.1. The predicted octanol–water partition coefficient (Wildman–Crippen LogP) is 6.25. The number of hydrogen-bond donors (Lipinski definition) is 1. The van der Waals surface area contributed by atoms with Crippen LogP contribution >= 0.6 is 0 Å². The Morgan fingerprint density at radius 3 is 2.76 bits per heavy atom. The zero-order chi connectivity index (χ0) is 28.4. The molecule has 4 heterocycles. The van der Waals surface area contributed by atoms with Gasteiger partial charge in [0.2, 0.25) is 0 Å². The molecule has 3 atom stereocenters. The molecule has 1 saturated carbocycles. The number of amides is 1. The maximum atomic E-state index is 13.7. The van der Waals surface area contributed by atoms with Crippen molar-refractivity contribution in [1.29, 1.82) is 0 Å². The third-order valence-corrected chi connectivity index (χ3v) is 9.23. The van der Waals surface area contributed by atoms with Crippen LogP contribution in [0.5, 0.6) is 5.75 Å². The number of benzene rings is 2. The molecule has 3 unspecified atom stereocenters. The summed E-state index contributed by atoms with van der Waals surface area (Å²) in [6.45, 7) is 8.42.